The first-order chi connectivity index (χ1) is 16.5. The number of aryl methyl sites for hydroxylation is 1. The van der Waals surface area contributed by atoms with Gasteiger partial charge >= 0.3 is 5.97 Å². The predicted octanol–water partition coefficient (Wildman–Crippen LogP) is 4.70. The molecule has 2 aromatic carbocycles. The lowest BCUT2D eigenvalue weighted by atomic mass is 9.96. The number of carbonyl (C=O) groups is 1. The molecule has 1 heterocycles. The molecule has 0 spiro atoms. The molecule has 1 atom stereocenters. The summed E-state index contributed by atoms with van der Waals surface area (Å²) in [6, 6.07) is 10.4. The van der Waals surface area contributed by atoms with Crippen molar-refractivity contribution in [3.63, 3.8) is 0 Å². The van der Waals surface area contributed by atoms with E-state index in [1.165, 1.54) is 24.2 Å². The smallest absolute Gasteiger partial charge is 0.338 e. The lowest BCUT2D eigenvalue weighted by Crippen LogP contribution is -2.13. The van der Waals surface area contributed by atoms with Gasteiger partial charge in [-0.1, -0.05) is 6.07 Å². The Balaban J connectivity index is 1.95. The van der Waals surface area contributed by atoms with Crippen molar-refractivity contribution in [2.75, 3.05) is 27.6 Å². The second-order valence-corrected chi connectivity index (χ2v) is 8.48. The van der Waals surface area contributed by atoms with E-state index in [0.29, 0.717) is 46.1 Å². The summed E-state index contributed by atoms with van der Waals surface area (Å²) in [5, 5.41) is 0. The van der Waals surface area contributed by atoms with Crippen LogP contribution >= 0.6 is 11.8 Å². The van der Waals surface area contributed by atoms with Gasteiger partial charge in [0.1, 0.15) is 6.10 Å². The van der Waals surface area contributed by atoms with Gasteiger partial charge in [-0.15, -0.1) is 11.8 Å². The third-order valence-electron chi connectivity index (χ3n) is 5.83. The van der Waals surface area contributed by atoms with Gasteiger partial charge in [0.25, 0.3) is 0 Å². The summed E-state index contributed by atoms with van der Waals surface area (Å²) in [7, 11) is 4.69. The zero-order valence-electron chi connectivity index (χ0n) is 19.4. The SMILES string of the molecule is COc1cc2c(c(OC)c1OC)-c1ccc(SC)c(=O)cc1C(OC(=O)c1ccncc1)CC2. The number of hydrogen-bond acceptors (Lipinski definition) is 8. The quantitative estimate of drug-likeness (QED) is 0.372. The van der Waals surface area contributed by atoms with Crippen LogP contribution < -0.4 is 19.6 Å². The van der Waals surface area contributed by atoms with Crippen molar-refractivity contribution in [2.45, 2.75) is 23.8 Å². The highest BCUT2D eigenvalue weighted by molar-refractivity contribution is 7.98. The zero-order valence-corrected chi connectivity index (χ0v) is 20.2. The Hall–Kier alpha value is -3.52. The zero-order chi connectivity index (χ0) is 24.2. The van der Waals surface area contributed by atoms with Crippen LogP contribution in [0.4, 0.5) is 0 Å². The minimum atomic E-state index is -0.639. The van der Waals surface area contributed by atoms with E-state index in [4.69, 9.17) is 18.9 Å². The first kappa shape index (κ1) is 23.6. The number of ether oxygens (including phenoxy) is 4. The van der Waals surface area contributed by atoms with Crippen LogP contribution in [0.5, 0.6) is 17.2 Å². The molecule has 7 nitrogen and oxygen atoms in total. The Morgan fingerprint density at radius 2 is 1.74 bits per heavy atom. The van der Waals surface area contributed by atoms with Gasteiger partial charge in [-0.3, -0.25) is 9.78 Å². The Kier molecular flexibility index (Phi) is 7.07. The highest BCUT2D eigenvalue weighted by Gasteiger charge is 2.31. The number of hydrogen-bond donors (Lipinski definition) is 0. The van der Waals surface area contributed by atoms with Crippen LogP contribution in [0, 0.1) is 0 Å². The summed E-state index contributed by atoms with van der Waals surface area (Å²) in [6.07, 6.45) is 5.34. The van der Waals surface area contributed by atoms with Crippen molar-refractivity contribution >= 4 is 17.7 Å². The van der Waals surface area contributed by atoms with E-state index in [1.54, 1.807) is 45.6 Å². The molecule has 1 unspecified atom stereocenters. The van der Waals surface area contributed by atoms with Crippen molar-refractivity contribution in [2.24, 2.45) is 0 Å². The maximum Gasteiger partial charge on any atom is 0.338 e. The van der Waals surface area contributed by atoms with Gasteiger partial charge in [0.05, 0.1) is 31.8 Å². The molecule has 0 saturated heterocycles. The number of nitrogens with zero attached hydrogens (tertiary/aromatic N) is 1. The van der Waals surface area contributed by atoms with Crippen LogP contribution in [0.1, 0.15) is 34.0 Å². The fraction of sp³-hybridized carbons (Fsp3) is 0.269. The van der Waals surface area contributed by atoms with E-state index in [-0.39, 0.29) is 5.43 Å². The first-order valence-corrected chi connectivity index (χ1v) is 11.9. The number of pyridine rings is 1. The Morgan fingerprint density at radius 3 is 2.38 bits per heavy atom. The van der Waals surface area contributed by atoms with Gasteiger partial charge in [-0.2, -0.15) is 0 Å². The number of esters is 1. The molecule has 0 aliphatic heterocycles. The Bertz CT molecular complexity index is 1280. The van der Waals surface area contributed by atoms with Crippen molar-refractivity contribution < 1.29 is 23.7 Å². The van der Waals surface area contributed by atoms with Gasteiger partial charge in [-0.25, -0.2) is 4.79 Å². The topological polar surface area (TPSA) is 84.0 Å². The molecule has 0 saturated carbocycles. The molecule has 0 amide bonds. The van der Waals surface area contributed by atoms with E-state index in [1.807, 2.05) is 18.4 Å². The number of benzene rings is 1. The Morgan fingerprint density at radius 1 is 1.00 bits per heavy atom. The highest BCUT2D eigenvalue weighted by Crippen LogP contribution is 2.50. The van der Waals surface area contributed by atoms with Crippen LogP contribution in [-0.4, -0.2) is 38.5 Å². The molecule has 4 rings (SSSR count). The lowest BCUT2D eigenvalue weighted by Gasteiger charge is -2.19. The van der Waals surface area contributed by atoms with Gasteiger partial charge < -0.3 is 18.9 Å². The van der Waals surface area contributed by atoms with Crippen molar-refractivity contribution in [3.05, 3.63) is 75.7 Å². The average Bonchev–Trinajstić information content (AvgIpc) is 3.11. The molecule has 0 N–H and O–H groups in total. The number of aromatic nitrogens is 1. The molecule has 176 valence electrons. The van der Waals surface area contributed by atoms with Crippen LogP contribution in [0.15, 0.2) is 58.5 Å². The number of methoxy groups -OCH3 is 3. The molecule has 1 aliphatic carbocycles. The van der Waals surface area contributed by atoms with Crippen LogP contribution in [0.3, 0.4) is 0 Å². The normalized spacial score (nSPS) is 14.3. The summed E-state index contributed by atoms with van der Waals surface area (Å²) in [6.45, 7) is 0. The third kappa shape index (κ3) is 4.33. The summed E-state index contributed by atoms with van der Waals surface area (Å²) in [4.78, 5) is 30.4. The van der Waals surface area contributed by atoms with Gasteiger partial charge in [0, 0.05) is 23.5 Å². The molecule has 0 radical (unpaired) electrons. The molecule has 0 fully saturated rings. The molecular weight excluding hydrogens is 454 g/mol. The minimum absolute atomic E-state index is 0.137. The van der Waals surface area contributed by atoms with Gasteiger partial charge in [0.15, 0.2) is 16.9 Å². The molecule has 0 bridgehead atoms. The highest BCUT2D eigenvalue weighted by atomic mass is 32.2. The maximum absolute atomic E-state index is 13.0. The number of fused-ring (bicyclic) bond motifs is 3. The molecule has 1 aromatic heterocycles. The largest absolute Gasteiger partial charge is 0.493 e. The van der Waals surface area contributed by atoms with E-state index < -0.39 is 12.1 Å². The van der Waals surface area contributed by atoms with Gasteiger partial charge in [0.2, 0.25) is 5.75 Å². The monoisotopic (exact) mass is 479 g/mol. The molecular formula is C26H25NO6S. The molecule has 34 heavy (non-hydrogen) atoms. The van der Waals surface area contributed by atoms with E-state index in [2.05, 4.69) is 4.98 Å². The summed E-state index contributed by atoms with van der Waals surface area (Å²) in [5.41, 5.74) is 3.36. The van der Waals surface area contributed by atoms with E-state index >= 15 is 0 Å². The molecule has 1 aliphatic rings. The summed E-state index contributed by atoms with van der Waals surface area (Å²) < 4.78 is 22.9. The van der Waals surface area contributed by atoms with Gasteiger partial charge in [-0.05, 0) is 60.6 Å². The van der Waals surface area contributed by atoms with E-state index in [9.17, 15) is 9.59 Å². The second kappa shape index (κ2) is 10.2. The first-order valence-electron chi connectivity index (χ1n) is 10.7. The fourth-order valence-electron chi connectivity index (χ4n) is 4.24. The molecule has 8 heteroatoms. The maximum atomic E-state index is 13.0. The Labute approximate surface area is 202 Å². The number of carbonyl (C=O) groups excluding carboxylic acids is 1. The summed E-state index contributed by atoms with van der Waals surface area (Å²) in [5.74, 6) is 1.03. The van der Waals surface area contributed by atoms with Crippen molar-refractivity contribution in [3.8, 4) is 28.4 Å². The summed E-state index contributed by atoms with van der Waals surface area (Å²) >= 11 is 1.37. The standard InChI is InChI=1S/C26H25NO6S/c1-30-21-13-16-5-7-20(33-26(29)15-9-11-27-12-10-15)18-14-19(28)22(34-4)8-6-17(18)23(16)25(32-3)24(21)31-2/h6,8-14,20H,5,7H2,1-4H3. The predicted molar refractivity (Wildman–Crippen MR) is 130 cm³/mol. The lowest BCUT2D eigenvalue weighted by molar-refractivity contribution is 0.0280. The number of thioether (sulfide) groups is 1. The van der Waals surface area contributed by atoms with Crippen LogP contribution in [0.25, 0.3) is 11.1 Å². The van der Waals surface area contributed by atoms with Crippen molar-refractivity contribution in [1.29, 1.82) is 0 Å². The third-order valence-corrected chi connectivity index (χ3v) is 6.61. The average molecular weight is 480 g/mol. The minimum Gasteiger partial charge on any atom is -0.493 e. The van der Waals surface area contributed by atoms with E-state index in [0.717, 1.165) is 16.7 Å². The second-order valence-electron chi connectivity index (χ2n) is 7.63. The molecule has 3 aromatic rings. The fourth-order valence-corrected chi connectivity index (χ4v) is 4.70. The van der Waals surface area contributed by atoms with Crippen LogP contribution in [-0.2, 0) is 11.2 Å². The van der Waals surface area contributed by atoms with Crippen molar-refractivity contribution in [1.82, 2.24) is 4.98 Å². The number of rotatable bonds is 6. The van der Waals surface area contributed by atoms with Crippen LogP contribution in [0.2, 0.25) is 0 Å².